The van der Waals surface area contributed by atoms with Crippen LogP contribution in [0.2, 0.25) is 0 Å². The lowest BCUT2D eigenvalue weighted by Gasteiger charge is -2.16. The molecule has 0 spiro atoms. The molecular formula is C23H32N4O4. The lowest BCUT2D eigenvalue weighted by atomic mass is 10.1. The summed E-state index contributed by atoms with van der Waals surface area (Å²) in [6.07, 6.45) is 0.350. The molecule has 31 heavy (non-hydrogen) atoms. The van der Waals surface area contributed by atoms with Crippen LogP contribution in [0.25, 0.3) is 0 Å². The number of amides is 1. The Kier molecular flexibility index (Phi) is 10.2. The number of methoxy groups -OCH3 is 2. The Bertz CT molecular complexity index is 853. The fourth-order valence-electron chi connectivity index (χ4n) is 2.79. The number of benzene rings is 2. The molecule has 3 N–H and O–H groups in total. The SMILES string of the molecule is CN=C(NCc1ccc(NC(=O)OC)cc1)NCc1ccc(C)cc1OCCCOC. The normalized spacial score (nSPS) is 11.0. The number of ether oxygens (including phenoxy) is 3. The van der Waals surface area contributed by atoms with Gasteiger partial charge < -0.3 is 24.8 Å². The monoisotopic (exact) mass is 428 g/mol. The molecule has 0 aliphatic heterocycles. The van der Waals surface area contributed by atoms with Gasteiger partial charge in [-0.1, -0.05) is 24.3 Å². The molecule has 0 aliphatic carbocycles. The lowest BCUT2D eigenvalue weighted by molar-refractivity contribution is 0.171. The number of carbonyl (C=O) groups is 1. The van der Waals surface area contributed by atoms with Gasteiger partial charge in [-0.25, -0.2) is 4.79 Å². The Morgan fingerprint density at radius 2 is 1.74 bits per heavy atom. The Morgan fingerprint density at radius 1 is 1.00 bits per heavy atom. The number of aliphatic imine (C=N–C) groups is 1. The van der Waals surface area contributed by atoms with Crippen LogP contribution in [0.5, 0.6) is 5.75 Å². The second kappa shape index (κ2) is 13.1. The van der Waals surface area contributed by atoms with Gasteiger partial charge in [0.25, 0.3) is 0 Å². The van der Waals surface area contributed by atoms with Crippen molar-refractivity contribution < 1.29 is 19.0 Å². The van der Waals surface area contributed by atoms with E-state index in [2.05, 4.69) is 37.8 Å². The van der Waals surface area contributed by atoms with Crippen LogP contribution >= 0.6 is 0 Å². The van der Waals surface area contributed by atoms with Crippen LogP contribution in [-0.2, 0) is 22.6 Å². The number of nitrogens with zero attached hydrogens (tertiary/aromatic N) is 1. The Balaban J connectivity index is 1.87. The molecule has 0 aromatic heterocycles. The highest BCUT2D eigenvalue weighted by Crippen LogP contribution is 2.20. The summed E-state index contributed by atoms with van der Waals surface area (Å²) in [5.74, 6) is 1.55. The number of nitrogens with one attached hydrogen (secondary N) is 3. The van der Waals surface area contributed by atoms with Gasteiger partial charge in [-0.2, -0.15) is 0 Å². The molecule has 2 aromatic carbocycles. The molecule has 0 bridgehead atoms. The van der Waals surface area contributed by atoms with E-state index in [1.807, 2.05) is 37.3 Å². The summed E-state index contributed by atoms with van der Waals surface area (Å²) in [5.41, 5.74) is 3.94. The zero-order valence-corrected chi connectivity index (χ0v) is 18.7. The number of carbonyl (C=O) groups excluding carboxylic acids is 1. The summed E-state index contributed by atoms with van der Waals surface area (Å²) in [4.78, 5) is 15.5. The first-order chi connectivity index (χ1) is 15.0. The van der Waals surface area contributed by atoms with Gasteiger partial charge in [0, 0.05) is 51.5 Å². The van der Waals surface area contributed by atoms with E-state index >= 15 is 0 Å². The molecule has 8 heteroatoms. The molecule has 0 unspecified atom stereocenters. The molecule has 0 fully saturated rings. The number of hydrogen-bond donors (Lipinski definition) is 3. The first kappa shape index (κ1) is 24.0. The van der Waals surface area contributed by atoms with E-state index in [9.17, 15) is 4.79 Å². The maximum Gasteiger partial charge on any atom is 0.411 e. The molecule has 1 amide bonds. The molecule has 0 aliphatic rings. The molecule has 0 saturated heterocycles. The van der Waals surface area contributed by atoms with Gasteiger partial charge in [0.05, 0.1) is 13.7 Å². The molecule has 2 rings (SSSR count). The zero-order chi connectivity index (χ0) is 22.5. The predicted molar refractivity (Wildman–Crippen MR) is 123 cm³/mol. The van der Waals surface area contributed by atoms with E-state index in [0.29, 0.717) is 38.0 Å². The third-order valence-corrected chi connectivity index (χ3v) is 4.49. The summed E-state index contributed by atoms with van der Waals surface area (Å²) in [5, 5.41) is 9.24. The molecule has 0 heterocycles. The first-order valence-electron chi connectivity index (χ1n) is 10.2. The number of guanidine groups is 1. The third kappa shape index (κ3) is 8.55. The molecule has 168 valence electrons. The minimum Gasteiger partial charge on any atom is -0.493 e. The van der Waals surface area contributed by atoms with Gasteiger partial charge >= 0.3 is 6.09 Å². The summed E-state index contributed by atoms with van der Waals surface area (Å²) >= 11 is 0. The summed E-state index contributed by atoms with van der Waals surface area (Å²) in [6.45, 7) is 4.51. The highest BCUT2D eigenvalue weighted by molar-refractivity contribution is 5.84. The minimum absolute atomic E-state index is 0.492. The molecule has 0 saturated carbocycles. The van der Waals surface area contributed by atoms with Gasteiger partial charge in [0.2, 0.25) is 0 Å². The van der Waals surface area contributed by atoms with Crippen molar-refractivity contribution in [2.45, 2.75) is 26.4 Å². The molecule has 8 nitrogen and oxygen atoms in total. The number of rotatable bonds is 10. The number of anilines is 1. The van der Waals surface area contributed by atoms with Crippen LogP contribution in [0, 0.1) is 6.92 Å². The van der Waals surface area contributed by atoms with E-state index in [1.165, 1.54) is 7.11 Å². The average Bonchev–Trinajstić information content (AvgIpc) is 2.78. The van der Waals surface area contributed by atoms with Crippen LogP contribution in [0.1, 0.15) is 23.1 Å². The maximum absolute atomic E-state index is 11.3. The van der Waals surface area contributed by atoms with Crippen molar-refractivity contribution in [1.29, 1.82) is 0 Å². The standard InChI is InChI=1S/C23H32N4O4/c1-17-6-9-19(21(14-17)31-13-5-12-29-3)16-26-22(24-2)25-15-18-7-10-20(11-8-18)27-23(28)30-4/h6-11,14H,5,12-13,15-16H2,1-4H3,(H,27,28)(H2,24,25,26). The lowest BCUT2D eigenvalue weighted by Crippen LogP contribution is -2.36. The Hall–Kier alpha value is -3.26. The van der Waals surface area contributed by atoms with Crippen molar-refractivity contribution in [3.05, 3.63) is 59.2 Å². The smallest absolute Gasteiger partial charge is 0.411 e. The van der Waals surface area contributed by atoms with Crippen LogP contribution in [0.4, 0.5) is 10.5 Å². The van der Waals surface area contributed by atoms with Crippen molar-refractivity contribution >= 4 is 17.7 Å². The van der Waals surface area contributed by atoms with E-state index in [0.717, 1.165) is 28.9 Å². The molecule has 2 aromatic rings. The first-order valence-corrected chi connectivity index (χ1v) is 10.2. The molecular weight excluding hydrogens is 396 g/mol. The zero-order valence-electron chi connectivity index (χ0n) is 18.7. The van der Waals surface area contributed by atoms with Crippen molar-refractivity contribution in [2.24, 2.45) is 4.99 Å². The van der Waals surface area contributed by atoms with Gasteiger partial charge in [-0.05, 0) is 36.2 Å². The van der Waals surface area contributed by atoms with Crippen molar-refractivity contribution in [2.75, 3.05) is 39.8 Å². The van der Waals surface area contributed by atoms with Gasteiger partial charge in [-0.3, -0.25) is 10.3 Å². The molecule has 0 atom stereocenters. The topological polar surface area (TPSA) is 93.2 Å². The molecule has 0 radical (unpaired) electrons. The highest BCUT2D eigenvalue weighted by atomic mass is 16.5. The Morgan fingerprint density at radius 3 is 2.42 bits per heavy atom. The van der Waals surface area contributed by atoms with Crippen LogP contribution in [0.3, 0.4) is 0 Å². The second-order valence-corrected chi connectivity index (χ2v) is 6.90. The summed E-state index contributed by atoms with van der Waals surface area (Å²) < 4.78 is 15.6. The average molecular weight is 429 g/mol. The van der Waals surface area contributed by atoms with Crippen molar-refractivity contribution in [1.82, 2.24) is 10.6 Å². The second-order valence-electron chi connectivity index (χ2n) is 6.90. The fraction of sp³-hybridized carbons (Fsp3) is 0.391. The van der Waals surface area contributed by atoms with E-state index in [-0.39, 0.29) is 0 Å². The van der Waals surface area contributed by atoms with Crippen LogP contribution in [0.15, 0.2) is 47.5 Å². The largest absolute Gasteiger partial charge is 0.493 e. The third-order valence-electron chi connectivity index (χ3n) is 4.49. The van der Waals surface area contributed by atoms with Crippen molar-refractivity contribution in [3.8, 4) is 5.75 Å². The van der Waals surface area contributed by atoms with Crippen LogP contribution < -0.4 is 20.7 Å². The van der Waals surface area contributed by atoms with Crippen LogP contribution in [-0.4, -0.2) is 46.5 Å². The quantitative estimate of drug-likeness (QED) is 0.305. The van der Waals surface area contributed by atoms with Gasteiger partial charge in [0.1, 0.15) is 5.75 Å². The predicted octanol–water partition coefficient (Wildman–Crippen LogP) is 3.45. The summed E-state index contributed by atoms with van der Waals surface area (Å²) in [7, 11) is 4.75. The maximum atomic E-state index is 11.3. The van der Waals surface area contributed by atoms with Gasteiger partial charge in [0.15, 0.2) is 5.96 Å². The highest BCUT2D eigenvalue weighted by Gasteiger charge is 2.07. The Labute approximate surface area is 184 Å². The fourth-order valence-corrected chi connectivity index (χ4v) is 2.79. The number of hydrogen-bond acceptors (Lipinski definition) is 5. The van der Waals surface area contributed by atoms with E-state index in [4.69, 9.17) is 9.47 Å². The summed E-state index contributed by atoms with van der Waals surface area (Å²) in [6, 6.07) is 13.7. The van der Waals surface area contributed by atoms with Crippen molar-refractivity contribution in [3.63, 3.8) is 0 Å². The minimum atomic E-state index is -0.492. The van der Waals surface area contributed by atoms with E-state index in [1.54, 1.807) is 14.2 Å². The van der Waals surface area contributed by atoms with E-state index < -0.39 is 6.09 Å². The van der Waals surface area contributed by atoms with Gasteiger partial charge in [-0.15, -0.1) is 0 Å². The number of aryl methyl sites for hydroxylation is 1.